The van der Waals surface area contributed by atoms with Crippen LogP contribution in [0.2, 0.25) is 0 Å². The number of aliphatic hydroxyl groups is 1. The maximum Gasteiger partial charge on any atom is 0.0648 e. The Morgan fingerprint density at radius 1 is 1.27 bits per heavy atom. The number of rotatable bonds is 7. The number of aliphatic hydroxyl groups excluding tert-OH is 1. The van der Waals surface area contributed by atoms with Crippen molar-refractivity contribution in [3.63, 3.8) is 0 Å². The minimum Gasteiger partial charge on any atom is -0.392 e. The van der Waals surface area contributed by atoms with E-state index in [1.54, 1.807) is 6.08 Å². The Labute approximate surface area is 68.9 Å². The molecule has 0 atom stereocenters. The van der Waals surface area contributed by atoms with Gasteiger partial charge >= 0.3 is 0 Å². The van der Waals surface area contributed by atoms with Gasteiger partial charge in [0.25, 0.3) is 0 Å². The van der Waals surface area contributed by atoms with Gasteiger partial charge in [0.05, 0.1) is 13.2 Å². The summed E-state index contributed by atoms with van der Waals surface area (Å²) >= 11 is 0. The molecule has 0 saturated carbocycles. The molecule has 0 aliphatic carbocycles. The fourth-order valence-electron chi connectivity index (χ4n) is 0.748. The van der Waals surface area contributed by atoms with Gasteiger partial charge in [-0.05, 0) is 6.42 Å². The molecule has 2 nitrogen and oxygen atoms in total. The van der Waals surface area contributed by atoms with Crippen molar-refractivity contribution < 1.29 is 9.84 Å². The van der Waals surface area contributed by atoms with Crippen LogP contribution in [0.1, 0.15) is 26.2 Å². The van der Waals surface area contributed by atoms with E-state index < -0.39 is 0 Å². The van der Waals surface area contributed by atoms with Gasteiger partial charge in [0.2, 0.25) is 0 Å². The van der Waals surface area contributed by atoms with Crippen molar-refractivity contribution in [3.05, 3.63) is 12.2 Å². The van der Waals surface area contributed by atoms with Crippen LogP contribution in [0.15, 0.2) is 12.2 Å². The first-order valence-corrected chi connectivity index (χ1v) is 4.25. The third-order valence-corrected chi connectivity index (χ3v) is 1.38. The molecule has 0 saturated heterocycles. The van der Waals surface area contributed by atoms with Gasteiger partial charge in [0.15, 0.2) is 0 Å². The Kier molecular flexibility index (Phi) is 9.36. The lowest BCUT2D eigenvalue weighted by Crippen LogP contribution is -1.93. The molecule has 1 N–H and O–H groups in total. The molecule has 0 aliphatic heterocycles. The summed E-state index contributed by atoms with van der Waals surface area (Å²) in [6.45, 7) is 3.75. The first kappa shape index (κ1) is 10.7. The summed E-state index contributed by atoms with van der Waals surface area (Å²) < 4.78 is 5.24. The molecule has 0 aromatic heterocycles. The van der Waals surface area contributed by atoms with Crippen LogP contribution in [-0.2, 0) is 4.74 Å². The predicted molar refractivity (Wildman–Crippen MR) is 46.6 cm³/mol. The molecule has 0 aromatic carbocycles. The second-order valence-electron chi connectivity index (χ2n) is 2.44. The third kappa shape index (κ3) is 9.66. The first-order chi connectivity index (χ1) is 5.41. The molecule has 0 bridgehead atoms. The highest BCUT2D eigenvalue weighted by Crippen LogP contribution is 1.93. The number of ether oxygens (including phenoxy) is 1. The van der Waals surface area contributed by atoms with Crippen molar-refractivity contribution in [2.24, 2.45) is 0 Å². The molecule has 0 fully saturated rings. The molecular weight excluding hydrogens is 140 g/mol. The average Bonchev–Trinajstić information content (AvgIpc) is 2.03. The van der Waals surface area contributed by atoms with Gasteiger partial charge in [-0.15, -0.1) is 0 Å². The topological polar surface area (TPSA) is 29.5 Å². The van der Waals surface area contributed by atoms with Gasteiger partial charge in [-0.3, -0.25) is 0 Å². The summed E-state index contributed by atoms with van der Waals surface area (Å²) in [5, 5.41) is 8.36. The van der Waals surface area contributed by atoms with E-state index in [2.05, 4.69) is 6.92 Å². The van der Waals surface area contributed by atoms with E-state index in [-0.39, 0.29) is 6.61 Å². The minimum atomic E-state index is 0.109. The lowest BCUT2D eigenvalue weighted by molar-refractivity contribution is 0.157. The summed E-state index contributed by atoms with van der Waals surface area (Å²) in [5.41, 5.74) is 0. The molecule has 11 heavy (non-hydrogen) atoms. The maximum atomic E-state index is 8.36. The lowest BCUT2D eigenvalue weighted by atomic mass is 10.3. The Balaban J connectivity index is 2.85. The molecule has 0 rings (SSSR count). The van der Waals surface area contributed by atoms with Crippen LogP contribution >= 0.6 is 0 Å². The van der Waals surface area contributed by atoms with Crippen LogP contribution in [0, 0.1) is 0 Å². The number of hydrogen-bond donors (Lipinski definition) is 1. The molecule has 0 aromatic rings. The molecule has 2 heteroatoms. The van der Waals surface area contributed by atoms with Crippen LogP contribution in [0.3, 0.4) is 0 Å². The van der Waals surface area contributed by atoms with E-state index in [4.69, 9.17) is 9.84 Å². The molecule has 0 amide bonds. The highest BCUT2D eigenvalue weighted by Gasteiger charge is 1.84. The molecular formula is C9H18O2. The van der Waals surface area contributed by atoms with Crippen LogP contribution in [-0.4, -0.2) is 24.9 Å². The maximum absolute atomic E-state index is 8.36. The second kappa shape index (κ2) is 9.66. The lowest BCUT2D eigenvalue weighted by Gasteiger charge is -1.98. The fraction of sp³-hybridized carbons (Fsp3) is 0.778. The highest BCUT2D eigenvalue weighted by atomic mass is 16.5. The largest absolute Gasteiger partial charge is 0.392 e. The monoisotopic (exact) mass is 158 g/mol. The van der Waals surface area contributed by atoms with Crippen molar-refractivity contribution in [2.75, 3.05) is 19.8 Å². The van der Waals surface area contributed by atoms with Crippen LogP contribution in [0.5, 0.6) is 0 Å². The van der Waals surface area contributed by atoms with E-state index in [0.29, 0.717) is 6.61 Å². The van der Waals surface area contributed by atoms with Gasteiger partial charge in [-0.2, -0.15) is 0 Å². The van der Waals surface area contributed by atoms with Crippen molar-refractivity contribution in [1.82, 2.24) is 0 Å². The van der Waals surface area contributed by atoms with Gasteiger partial charge in [-0.1, -0.05) is 31.9 Å². The molecule has 0 unspecified atom stereocenters. The van der Waals surface area contributed by atoms with E-state index in [1.807, 2.05) is 6.08 Å². The van der Waals surface area contributed by atoms with Gasteiger partial charge < -0.3 is 9.84 Å². The zero-order chi connectivity index (χ0) is 8.36. The zero-order valence-corrected chi connectivity index (χ0v) is 7.25. The van der Waals surface area contributed by atoms with Crippen molar-refractivity contribution >= 4 is 0 Å². The second-order valence-corrected chi connectivity index (χ2v) is 2.44. The van der Waals surface area contributed by atoms with E-state index in [0.717, 1.165) is 13.0 Å². The van der Waals surface area contributed by atoms with Gasteiger partial charge in [0.1, 0.15) is 0 Å². The van der Waals surface area contributed by atoms with E-state index >= 15 is 0 Å². The summed E-state index contributed by atoms with van der Waals surface area (Å²) in [6, 6.07) is 0. The normalized spacial score (nSPS) is 11.1. The smallest absolute Gasteiger partial charge is 0.0648 e. The van der Waals surface area contributed by atoms with Gasteiger partial charge in [-0.25, -0.2) is 0 Å². The average molecular weight is 158 g/mol. The highest BCUT2D eigenvalue weighted by molar-refractivity contribution is 4.80. The predicted octanol–water partition coefficient (Wildman–Crippen LogP) is 1.74. The molecule has 0 spiro atoms. The molecule has 0 aliphatic rings. The Hall–Kier alpha value is -0.340. The standard InChI is InChI=1S/C9H18O2/c1-2-3-5-8-11-9-6-4-7-10/h4,6,10H,2-3,5,7-9H2,1H3/b6-4+. The Bertz CT molecular complexity index is 89.6. The first-order valence-electron chi connectivity index (χ1n) is 4.25. The summed E-state index contributed by atoms with van der Waals surface area (Å²) in [6.07, 6.45) is 7.15. The van der Waals surface area contributed by atoms with Crippen LogP contribution in [0.25, 0.3) is 0 Å². The summed E-state index contributed by atoms with van der Waals surface area (Å²) in [4.78, 5) is 0. The van der Waals surface area contributed by atoms with Crippen molar-refractivity contribution in [2.45, 2.75) is 26.2 Å². The number of unbranched alkanes of at least 4 members (excludes halogenated alkanes) is 2. The SMILES string of the molecule is CCCCCOC/C=C/CO. The molecule has 0 heterocycles. The molecule has 66 valence electrons. The van der Waals surface area contributed by atoms with Crippen LogP contribution < -0.4 is 0 Å². The summed E-state index contributed by atoms with van der Waals surface area (Å²) in [5.74, 6) is 0. The molecule has 0 radical (unpaired) electrons. The Morgan fingerprint density at radius 3 is 2.73 bits per heavy atom. The van der Waals surface area contributed by atoms with Crippen LogP contribution in [0.4, 0.5) is 0 Å². The minimum absolute atomic E-state index is 0.109. The zero-order valence-electron chi connectivity index (χ0n) is 7.25. The van der Waals surface area contributed by atoms with E-state index in [1.165, 1.54) is 12.8 Å². The van der Waals surface area contributed by atoms with Gasteiger partial charge in [0, 0.05) is 6.61 Å². The quantitative estimate of drug-likeness (QED) is 0.452. The third-order valence-electron chi connectivity index (χ3n) is 1.38. The van der Waals surface area contributed by atoms with Crippen molar-refractivity contribution in [3.8, 4) is 0 Å². The van der Waals surface area contributed by atoms with Crippen molar-refractivity contribution in [1.29, 1.82) is 0 Å². The number of hydrogen-bond acceptors (Lipinski definition) is 2. The fourth-order valence-corrected chi connectivity index (χ4v) is 0.748. The van der Waals surface area contributed by atoms with E-state index in [9.17, 15) is 0 Å². The summed E-state index contributed by atoms with van der Waals surface area (Å²) in [7, 11) is 0. The Morgan fingerprint density at radius 2 is 2.09 bits per heavy atom.